The van der Waals surface area contributed by atoms with Gasteiger partial charge in [-0.1, -0.05) is 12.1 Å². The quantitative estimate of drug-likeness (QED) is 0.282. The number of pyridine rings is 1. The van der Waals surface area contributed by atoms with Crippen LogP contribution in [-0.4, -0.2) is 33.1 Å². The van der Waals surface area contributed by atoms with E-state index in [1.165, 1.54) is 18.2 Å². The third-order valence-corrected chi connectivity index (χ3v) is 4.16. The van der Waals surface area contributed by atoms with E-state index >= 15 is 0 Å². The second-order valence-corrected chi connectivity index (χ2v) is 6.43. The zero-order chi connectivity index (χ0) is 24.0. The molecule has 0 saturated heterocycles. The lowest BCUT2D eigenvalue weighted by atomic mass is 10.2. The molecule has 0 fully saturated rings. The lowest BCUT2D eigenvalue weighted by molar-refractivity contribution is -0.144. The van der Waals surface area contributed by atoms with Gasteiger partial charge in [-0.2, -0.15) is 28.6 Å². The molecule has 0 unspecified atom stereocenters. The molecule has 33 heavy (non-hydrogen) atoms. The maximum absolute atomic E-state index is 13.7. The first-order chi connectivity index (χ1) is 15.7. The van der Waals surface area contributed by atoms with Crippen LogP contribution in [0.3, 0.4) is 0 Å². The van der Waals surface area contributed by atoms with Crippen molar-refractivity contribution in [3.05, 3.63) is 70.9 Å². The van der Waals surface area contributed by atoms with Gasteiger partial charge in [-0.15, -0.1) is 0 Å². The molecule has 13 heteroatoms. The fourth-order valence-corrected chi connectivity index (χ4v) is 2.82. The van der Waals surface area contributed by atoms with Gasteiger partial charge in [-0.05, 0) is 23.8 Å². The third-order valence-electron chi connectivity index (χ3n) is 4.16. The van der Waals surface area contributed by atoms with Gasteiger partial charge in [0.2, 0.25) is 0 Å². The number of amides is 1. The Morgan fingerprint density at radius 2 is 2.09 bits per heavy atom. The van der Waals surface area contributed by atoms with Crippen molar-refractivity contribution in [2.45, 2.75) is 12.7 Å². The van der Waals surface area contributed by atoms with Crippen LogP contribution < -0.4 is 10.7 Å². The number of aromatic nitrogens is 3. The molecular weight excluding hydrogens is 444 g/mol. The maximum atomic E-state index is 13.7. The first-order valence-corrected chi connectivity index (χ1v) is 9.10. The Hall–Kier alpha value is -4.60. The highest BCUT2D eigenvalue weighted by atomic mass is 19.4. The van der Waals surface area contributed by atoms with E-state index in [-0.39, 0.29) is 22.6 Å². The summed E-state index contributed by atoms with van der Waals surface area (Å²) in [6.07, 6.45) is -1.06. The van der Waals surface area contributed by atoms with Gasteiger partial charge in [0.25, 0.3) is 5.91 Å². The SMILES string of the molecule is N#Cc1cc(NC(=O)c2cnn(Cc3cccc(F)c3)c2C(F)(F)F)cnc1N/N=C\C=N. The molecule has 0 bridgehead atoms. The minimum atomic E-state index is -4.92. The fourth-order valence-electron chi connectivity index (χ4n) is 2.82. The van der Waals surface area contributed by atoms with E-state index in [0.717, 1.165) is 37.0 Å². The highest BCUT2D eigenvalue weighted by molar-refractivity contribution is 6.14. The van der Waals surface area contributed by atoms with Crippen molar-refractivity contribution >= 4 is 29.8 Å². The van der Waals surface area contributed by atoms with Gasteiger partial charge in [0.05, 0.1) is 42.0 Å². The van der Waals surface area contributed by atoms with Crippen LogP contribution in [0.4, 0.5) is 29.1 Å². The van der Waals surface area contributed by atoms with Crippen molar-refractivity contribution in [2.75, 3.05) is 10.7 Å². The molecule has 0 aliphatic carbocycles. The second kappa shape index (κ2) is 9.69. The number of hydrazone groups is 1. The molecule has 0 radical (unpaired) electrons. The summed E-state index contributed by atoms with van der Waals surface area (Å²) in [5, 5.41) is 25.6. The normalized spacial score (nSPS) is 11.2. The van der Waals surface area contributed by atoms with Gasteiger partial charge in [0.15, 0.2) is 11.5 Å². The largest absolute Gasteiger partial charge is 0.433 e. The predicted octanol–water partition coefficient (Wildman–Crippen LogP) is 3.66. The van der Waals surface area contributed by atoms with Crippen molar-refractivity contribution in [3.63, 3.8) is 0 Å². The molecule has 0 aliphatic rings. The molecule has 0 aliphatic heterocycles. The Morgan fingerprint density at radius 1 is 1.30 bits per heavy atom. The number of hydrogen-bond acceptors (Lipinski definition) is 7. The molecule has 0 spiro atoms. The van der Waals surface area contributed by atoms with Gasteiger partial charge in [0, 0.05) is 6.21 Å². The first kappa shape index (κ1) is 23.1. The van der Waals surface area contributed by atoms with Gasteiger partial charge in [0.1, 0.15) is 11.9 Å². The summed E-state index contributed by atoms with van der Waals surface area (Å²) in [6.45, 7) is -0.406. The van der Waals surface area contributed by atoms with Crippen LogP contribution in [0, 0.1) is 22.6 Å². The molecule has 3 aromatic rings. The minimum Gasteiger partial charge on any atom is -0.320 e. The second-order valence-electron chi connectivity index (χ2n) is 6.43. The number of nitrogens with zero attached hydrogens (tertiary/aromatic N) is 5. The zero-order valence-corrected chi connectivity index (χ0v) is 16.6. The minimum absolute atomic E-state index is 0.0208. The molecule has 0 atom stereocenters. The van der Waals surface area contributed by atoms with E-state index in [1.807, 2.05) is 6.07 Å². The van der Waals surface area contributed by atoms with Crippen molar-refractivity contribution in [3.8, 4) is 6.07 Å². The number of anilines is 2. The van der Waals surface area contributed by atoms with Crippen LogP contribution in [-0.2, 0) is 12.7 Å². The van der Waals surface area contributed by atoms with Crippen LogP contribution in [0.5, 0.6) is 0 Å². The van der Waals surface area contributed by atoms with Crippen LogP contribution in [0.25, 0.3) is 0 Å². The Bertz CT molecular complexity index is 1260. The van der Waals surface area contributed by atoms with E-state index in [0.29, 0.717) is 4.68 Å². The Morgan fingerprint density at radius 3 is 2.76 bits per heavy atom. The number of halogens is 4. The van der Waals surface area contributed by atoms with Crippen LogP contribution in [0.1, 0.15) is 27.2 Å². The number of rotatable bonds is 7. The summed E-state index contributed by atoms with van der Waals surface area (Å²) in [4.78, 5) is 16.5. The number of hydrogen-bond donors (Lipinski definition) is 3. The number of alkyl halides is 3. The molecule has 168 valence electrons. The third kappa shape index (κ3) is 5.56. The Labute approximate surface area is 183 Å². The zero-order valence-electron chi connectivity index (χ0n) is 16.6. The van der Waals surface area contributed by atoms with Crippen molar-refractivity contribution in [1.82, 2.24) is 14.8 Å². The van der Waals surface area contributed by atoms with Crippen LogP contribution >= 0.6 is 0 Å². The molecule has 3 rings (SSSR count). The number of nitrogens with one attached hydrogen (secondary N) is 3. The average molecular weight is 458 g/mol. The van der Waals surface area contributed by atoms with E-state index in [1.54, 1.807) is 0 Å². The van der Waals surface area contributed by atoms with E-state index in [9.17, 15) is 27.6 Å². The van der Waals surface area contributed by atoms with Crippen LogP contribution in [0.2, 0.25) is 0 Å². The van der Waals surface area contributed by atoms with Gasteiger partial charge < -0.3 is 10.7 Å². The number of benzene rings is 1. The molecule has 1 amide bonds. The monoisotopic (exact) mass is 458 g/mol. The Kier molecular flexibility index (Phi) is 6.77. The van der Waals surface area contributed by atoms with Crippen molar-refractivity contribution < 1.29 is 22.4 Å². The van der Waals surface area contributed by atoms with E-state index in [4.69, 9.17) is 5.41 Å². The highest BCUT2D eigenvalue weighted by Gasteiger charge is 2.40. The molecule has 2 heterocycles. The lowest BCUT2D eigenvalue weighted by Crippen LogP contribution is -2.21. The molecule has 9 nitrogen and oxygen atoms in total. The van der Waals surface area contributed by atoms with E-state index in [2.05, 4.69) is 25.9 Å². The van der Waals surface area contributed by atoms with Gasteiger partial charge >= 0.3 is 6.18 Å². The molecule has 3 N–H and O–H groups in total. The fraction of sp³-hybridized carbons (Fsp3) is 0.100. The average Bonchev–Trinajstić information content (AvgIpc) is 3.19. The summed E-state index contributed by atoms with van der Waals surface area (Å²) >= 11 is 0. The smallest absolute Gasteiger partial charge is 0.320 e. The summed E-state index contributed by atoms with van der Waals surface area (Å²) in [7, 11) is 0. The summed E-state index contributed by atoms with van der Waals surface area (Å²) < 4.78 is 55.2. The topological polar surface area (TPSA) is 132 Å². The summed E-state index contributed by atoms with van der Waals surface area (Å²) in [5.74, 6) is -1.72. The maximum Gasteiger partial charge on any atom is 0.433 e. The van der Waals surface area contributed by atoms with Crippen LogP contribution in [0.15, 0.2) is 47.8 Å². The molecule has 0 saturated carbocycles. The number of nitriles is 1. The summed E-state index contributed by atoms with van der Waals surface area (Å²) in [6, 6.07) is 8.01. The molecular formula is C20H14F4N8O. The number of carbonyl (C=O) groups excluding carboxylic acids is 1. The summed E-state index contributed by atoms with van der Waals surface area (Å²) in [5.41, 5.74) is 0.500. The van der Waals surface area contributed by atoms with Crippen molar-refractivity contribution in [2.24, 2.45) is 5.10 Å². The first-order valence-electron chi connectivity index (χ1n) is 9.10. The highest BCUT2D eigenvalue weighted by Crippen LogP contribution is 2.33. The predicted molar refractivity (Wildman–Crippen MR) is 111 cm³/mol. The van der Waals surface area contributed by atoms with E-state index < -0.39 is 35.7 Å². The van der Waals surface area contributed by atoms with Gasteiger partial charge in [-0.3, -0.25) is 14.9 Å². The molecule has 1 aromatic carbocycles. The molecule has 2 aromatic heterocycles. The number of carbonyl (C=O) groups is 1. The lowest BCUT2D eigenvalue weighted by Gasteiger charge is -2.13. The van der Waals surface area contributed by atoms with Gasteiger partial charge in [-0.25, -0.2) is 9.37 Å². The standard InChI is InChI=1S/C20H14F4N8O/c21-14-3-1-2-12(6-14)11-32-17(20(22,23)24)16(10-29-32)19(33)30-15-7-13(8-26)18(27-9-15)31-28-5-4-25/h1-7,9-10,25H,11H2,(H,27,31)(H,30,33)/b25-4?,28-5-. The van der Waals surface area contributed by atoms with Crippen molar-refractivity contribution in [1.29, 1.82) is 10.7 Å². The Balaban J connectivity index is 1.88.